The molecular weight excluding hydrogens is 280 g/mol. The summed E-state index contributed by atoms with van der Waals surface area (Å²) in [6, 6.07) is -0.417. The van der Waals surface area contributed by atoms with Gasteiger partial charge in [0.15, 0.2) is 5.16 Å². The molecule has 1 rings (SSSR count). The summed E-state index contributed by atoms with van der Waals surface area (Å²) in [5.41, 5.74) is 0. The Labute approximate surface area is 122 Å². The fourth-order valence-electron chi connectivity index (χ4n) is 1.43. The number of rotatable bonds is 7. The Bertz CT molecular complexity index is 461. The normalized spacial score (nSPS) is 12.2. The maximum atomic E-state index is 11.7. The highest BCUT2D eigenvalue weighted by Crippen LogP contribution is 2.18. The van der Waals surface area contributed by atoms with Crippen molar-refractivity contribution in [3.63, 3.8) is 0 Å². The summed E-state index contributed by atoms with van der Waals surface area (Å²) in [6.45, 7) is 7.64. The van der Waals surface area contributed by atoms with Gasteiger partial charge in [-0.2, -0.15) is 0 Å². The lowest BCUT2D eigenvalue weighted by atomic mass is 10.3. The Hall–Kier alpha value is -1.57. The molecule has 1 heterocycles. The molecule has 0 aliphatic rings. The van der Waals surface area contributed by atoms with Crippen molar-refractivity contribution in [2.24, 2.45) is 0 Å². The average molecular weight is 300 g/mol. The number of amides is 1. The van der Waals surface area contributed by atoms with Crippen LogP contribution in [0.1, 0.15) is 33.7 Å². The number of esters is 1. The number of hydrogen-bond acceptors (Lipinski definition) is 6. The summed E-state index contributed by atoms with van der Waals surface area (Å²) in [6.07, 6.45) is 1.63. The van der Waals surface area contributed by atoms with Crippen molar-refractivity contribution < 1.29 is 14.3 Å². The minimum Gasteiger partial charge on any atom is -0.464 e. The Morgan fingerprint density at radius 1 is 1.45 bits per heavy atom. The van der Waals surface area contributed by atoms with Gasteiger partial charge >= 0.3 is 5.97 Å². The summed E-state index contributed by atoms with van der Waals surface area (Å²) in [5.74, 6) is -0.500. The van der Waals surface area contributed by atoms with Gasteiger partial charge in [0.25, 0.3) is 0 Å². The molecule has 1 unspecified atom stereocenters. The first kappa shape index (κ1) is 16.5. The third kappa shape index (κ3) is 4.84. The van der Waals surface area contributed by atoms with Crippen LogP contribution in [0.15, 0.2) is 11.5 Å². The quantitative estimate of drug-likeness (QED) is 0.597. The zero-order chi connectivity index (χ0) is 15.1. The molecule has 8 heteroatoms. The molecule has 1 N–H and O–H groups in total. The predicted octanol–water partition coefficient (Wildman–Crippen LogP) is 1.02. The Morgan fingerprint density at radius 2 is 2.15 bits per heavy atom. The minimum absolute atomic E-state index is 0.176. The van der Waals surface area contributed by atoms with Crippen LogP contribution in [-0.4, -0.2) is 45.0 Å². The van der Waals surface area contributed by atoms with Gasteiger partial charge in [0.1, 0.15) is 12.4 Å². The minimum atomic E-state index is -0.647. The van der Waals surface area contributed by atoms with Crippen molar-refractivity contribution in [2.45, 2.75) is 44.9 Å². The number of nitrogens with one attached hydrogen (secondary N) is 1. The maximum absolute atomic E-state index is 11.7. The standard InChI is InChI=1S/C12H20N4O3S/c1-5-19-11(18)9(4)14-10(17)6-20-12-15-13-7-16(12)8(2)3/h7-9H,5-6H2,1-4H3,(H,14,17). The highest BCUT2D eigenvalue weighted by atomic mass is 32.2. The van der Waals surface area contributed by atoms with E-state index in [1.165, 1.54) is 11.8 Å². The molecule has 1 amide bonds. The lowest BCUT2D eigenvalue weighted by Crippen LogP contribution is -2.40. The lowest BCUT2D eigenvalue weighted by molar-refractivity contribution is -0.146. The predicted molar refractivity (Wildman–Crippen MR) is 75.4 cm³/mol. The molecule has 20 heavy (non-hydrogen) atoms. The molecule has 0 saturated carbocycles. The molecule has 1 aromatic rings. The fourth-order valence-corrected chi connectivity index (χ4v) is 2.28. The van der Waals surface area contributed by atoms with Gasteiger partial charge in [-0.25, -0.2) is 4.79 Å². The van der Waals surface area contributed by atoms with Crippen LogP contribution in [0.5, 0.6) is 0 Å². The van der Waals surface area contributed by atoms with Crippen LogP contribution in [0.3, 0.4) is 0 Å². The molecule has 112 valence electrons. The molecule has 0 bridgehead atoms. The van der Waals surface area contributed by atoms with Crippen LogP contribution in [0.25, 0.3) is 0 Å². The summed E-state index contributed by atoms with van der Waals surface area (Å²) in [5, 5.41) is 11.0. The summed E-state index contributed by atoms with van der Waals surface area (Å²) in [7, 11) is 0. The van der Waals surface area contributed by atoms with Gasteiger partial charge in [0.2, 0.25) is 5.91 Å². The van der Waals surface area contributed by atoms with E-state index < -0.39 is 12.0 Å². The van der Waals surface area contributed by atoms with Crippen LogP contribution in [0.4, 0.5) is 0 Å². The van der Waals surface area contributed by atoms with Crippen LogP contribution in [0, 0.1) is 0 Å². The average Bonchev–Trinajstić information content (AvgIpc) is 2.85. The molecule has 1 aromatic heterocycles. The number of thioether (sulfide) groups is 1. The Balaban J connectivity index is 2.43. The first-order valence-corrected chi connectivity index (χ1v) is 7.42. The fraction of sp³-hybridized carbons (Fsp3) is 0.667. The van der Waals surface area contributed by atoms with Crippen molar-refractivity contribution >= 4 is 23.6 Å². The molecule has 0 aromatic carbocycles. The molecule has 0 spiro atoms. The van der Waals surface area contributed by atoms with E-state index in [-0.39, 0.29) is 17.7 Å². The zero-order valence-electron chi connectivity index (χ0n) is 12.1. The molecular formula is C12H20N4O3S. The van der Waals surface area contributed by atoms with Gasteiger partial charge in [0, 0.05) is 6.04 Å². The zero-order valence-corrected chi connectivity index (χ0v) is 12.9. The van der Waals surface area contributed by atoms with Crippen molar-refractivity contribution in [1.29, 1.82) is 0 Å². The number of hydrogen-bond donors (Lipinski definition) is 1. The monoisotopic (exact) mass is 300 g/mol. The van der Waals surface area contributed by atoms with Crippen LogP contribution in [0.2, 0.25) is 0 Å². The topological polar surface area (TPSA) is 86.1 Å². The van der Waals surface area contributed by atoms with Crippen molar-refractivity contribution in [3.05, 3.63) is 6.33 Å². The van der Waals surface area contributed by atoms with E-state index in [0.29, 0.717) is 11.8 Å². The molecule has 0 saturated heterocycles. The molecule has 0 radical (unpaired) electrons. The van der Waals surface area contributed by atoms with Crippen LogP contribution in [-0.2, 0) is 14.3 Å². The second-order valence-electron chi connectivity index (χ2n) is 4.44. The highest BCUT2D eigenvalue weighted by Gasteiger charge is 2.17. The van der Waals surface area contributed by atoms with Crippen molar-refractivity contribution in [1.82, 2.24) is 20.1 Å². The summed E-state index contributed by atoms with van der Waals surface area (Å²) in [4.78, 5) is 23.1. The third-order valence-electron chi connectivity index (χ3n) is 2.45. The SMILES string of the molecule is CCOC(=O)C(C)NC(=O)CSc1nncn1C(C)C. The van der Waals surface area contributed by atoms with Crippen LogP contribution >= 0.6 is 11.8 Å². The molecule has 0 aliphatic carbocycles. The molecule has 0 fully saturated rings. The van der Waals surface area contributed by atoms with E-state index in [4.69, 9.17) is 4.74 Å². The Kier molecular flexibility index (Phi) is 6.50. The van der Waals surface area contributed by atoms with Gasteiger partial charge in [-0.05, 0) is 27.7 Å². The molecule has 1 atom stereocenters. The number of carbonyl (C=O) groups excluding carboxylic acids is 2. The van der Waals surface area contributed by atoms with E-state index in [2.05, 4.69) is 15.5 Å². The number of aromatic nitrogens is 3. The van der Waals surface area contributed by atoms with E-state index in [0.717, 1.165) is 0 Å². The molecule has 0 aliphatic heterocycles. The van der Waals surface area contributed by atoms with Crippen molar-refractivity contribution in [3.8, 4) is 0 Å². The first-order valence-electron chi connectivity index (χ1n) is 6.44. The summed E-state index contributed by atoms with van der Waals surface area (Å²) < 4.78 is 6.70. The van der Waals surface area contributed by atoms with Gasteiger partial charge in [-0.15, -0.1) is 10.2 Å². The van der Waals surface area contributed by atoms with E-state index in [1.54, 1.807) is 20.2 Å². The van der Waals surface area contributed by atoms with E-state index in [9.17, 15) is 9.59 Å². The first-order chi connectivity index (χ1) is 9.45. The van der Waals surface area contributed by atoms with Gasteiger partial charge in [-0.1, -0.05) is 11.8 Å². The largest absolute Gasteiger partial charge is 0.464 e. The van der Waals surface area contributed by atoms with Gasteiger partial charge < -0.3 is 14.6 Å². The van der Waals surface area contributed by atoms with Crippen molar-refractivity contribution in [2.75, 3.05) is 12.4 Å². The van der Waals surface area contributed by atoms with Gasteiger partial charge in [0.05, 0.1) is 12.4 Å². The van der Waals surface area contributed by atoms with E-state index >= 15 is 0 Å². The maximum Gasteiger partial charge on any atom is 0.328 e. The lowest BCUT2D eigenvalue weighted by Gasteiger charge is -2.13. The van der Waals surface area contributed by atoms with Crippen LogP contribution < -0.4 is 5.32 Å². The second kappa shape index (κ2) is 7.88. The Morgan fingerprint density at radius 3 is 2.75 bits per heavy atom. The smallest absolute Gasteiger partial charge is 0.328 e. The molecule has 7 nitrogen and oxygen atoms in total. The highest BCUT2D eigenvalue weighted by molar-refractivity contribution is 7.99. The number of ether oxygens (including phenoxy) is 1. The second-order valence-corrected chi connectivity index (χ2v) is 5.39. The van der Waals surface area contributed by atoms with Gasteiger partial charge in [-0.3, -0.25) is 4.79 Å². The third-order valence-corrected chi connectivity index (χ3v) is 3.40. The number of carbonyl (C=O) groups is 2. The number of nitrogens with zero attached hydrogens (tertiary/aromatic N) is 3. The van der Waals surface area contributed by atoms with E-state index in [1.807, 2.05) is 18.4 Å². The summed E-state index contributed by atoms with van der Waals surface area (Å²) >= 11 is 1.28.